The van der Waals surface area contributed by atoms with Gasteiger partial charge in [0, 0.05) is 12.1 Å². The summed E-state index contributed by atoms with van der Waals surface area (Å²) in [5.74, 6) is -0.273. The van der Waals surface area contributed by atoms with E-state index in [0.29, 0.717) is 17.0 Å². The molecule has 0 atom stereocenters. The van der Waals surface area contributed by atoms with Crippen LogP contribution in [0.4, 0.5) is 13.2 Å². The first-order valence-corrected chi connectivity index (χ1v) is 5.50. The van der Waals surface area contributed by atoms with Gasteiger partial charge in [-0.15, -0.1) is 13.2 Å². The molecule has 0 unspecified atom stereocenters. The van der Waals surface area contributed by atoms with Gasteiger partial charge < -0.3 is 10.5 Å². The normalized spacial score (nSPS) is 11.4. The first kappa shape index (κ1) is 13.4. The molecule has 3 nitrogen and oxygen atoms in total. The lowest BCUT2D eigenvalue weighted by Gasteiger charge is -2.10. The lowest BCUT2D eigenvalue weighted by Crippen LogP contribution is -2.17. The molecular weight excluding hydrogens is 257 g/mol. The van der Waals surface area contributed by atoms with E-state index < -0.39 is 6.36 Å². The lowest BCUT2D eigenvalue weighted by molar-refractivity contribution is -0.274. The summed E-state index contributed by atoms with van der Waals surface area (Å²) in [6.07, 6.45) is -4.70. The topological polar surface area (TPSA) is 48.1 Å². The predicted octanol–water partition coefficient (Wildman–Crippen LogP) is 3.11. The Labute approximate surface area is 107 Å². The Morgan fingerprint density at radius 2 is 1.84 bits per heavy atom. The van der Waals surface area contributed by atoms with Crippen LogP contribution >= 0.6 is 0 Å². The van der Waals surface area contributed by atoms with Crippen LogP contribution in [0.15, 0.2) is 42.5 Å². The third-order valence-electron chi connectivity index (χ3n) is 2.38. The fourth-order valence-electron chi connectivity index (χ4n) is 1.61. The van der Waals surface area contributed by atoms with Gasteiger partial charge in [-0.25, -0.2) is 0 Å². The van der Waals surface area contributed by atoms with Gasteiger partial charge in [-0.1, -0.05) is 18.2 Å². The maximum Gasteiger partial charge on any atom is 0.573 e. The fraction of sp³-hybridized carbons (Fsp3) is 0.154. The summed E-state index contributed by atoms with van der Waals surface area (Å²) >= 11 is 0. The number of nitrogens with zero attached hydrogens (tertiary/aromatic N) is 1. The number of ether oxygens (including phenoxy) is 1. The van der Waals surface area contributed by atoms with Crippen LogP contribution in [0.5, 0.6) is 5.75 Å². The molecular formula is C13H11F3N2O. The van der Waals surface area contributed by atoms with Crippen LogP contribution in [0, 0.1) is 0 Å². The molecule has 0 amide bonds. The third kappa shape index (κ3) is 3.69. The zero-order valence-corrected chi connectivity index (χ0v) is 9.82. The van der Waals surface area contributed by atoms with Crippen LogP contribution < -0.4 is 10.5 Å². The number of rotatable bonds is 3. The van der Waals surface area contributed by atoms with Crippen LogP contribution in [0.3, 0.4) is 0 Å². The highest BCUT2D eigenvalue weighted by Crippen LogP contribution is 2.27. The summed E-state index contributed by atoms with van der Waals surface area (Å²) in [5, 5.41) is 0. The number of hydrogen-bond donors (Lipinski definition) is 1. The van der Waals surface area contributed by atoms with Crippen LogP contribution in [-0.4, -0.2) is 11.3 Å². The summed E-state index contributed by atoms with van der Waals surface area (Å²) in [6, 6.07) is 10.9. The van der Waals surface area contributed by atoms with Crippen molar-refractivity contribution in [1.82, 2.24) is 4.98 Å². The standard InChI is InChI=1S/C13H11F3N2O/c14-13(15,16)19-11-5-1-3-9(7-11)12-6-2-4-10(8-17)18-12/h1-7H,8,17H2. The van der Waals surface area contributed by atoms with E-state index in [1.807, 2.05) is 0 Å². The number of alkyl halides is 3. The maximum absolute atomic E-state index is 12.1. The highest BCUT2D eigenvalue weighted by molar-refractivity contribution is 5.61. The molecule has 1 aromatic heterocycles. The van der Waals surface area contributed by atoms with E-state index in [2.05, 4.69) is 9.72 Å². The van der Waals surface area contributed by atoms with Gasteiger partial charge in [0.05, 0.1) is 11.4 Å². The Hall–Kier alpha value is -2.08. The van der Waals surface area contributed by atoms with Crippen molar-refractivity contribution in [2.24, 2.45) is 5.73 Å². The Morgan fingerprint density at radius 1 is 1.11 bits per heavy atom. The van der Waals surface area contributed by atoms with Crippen LogP contribution in [-0.2, 0) is 6.54 Å². The second-order valence-electron chi connectivity index (χ2n) is 3.79. The monoisotopic (exact) mass is 268 g/mol. The average molecular weight is 268 g/mol. The summed E-state index contributed by atoms with van der Waals surface area (Å²) in [5.41, 5.74) is 7.23. The van der Waals surface area contributed by atoms with E-state index in [-0.39, 0.29) is 12.3 Å². The molecule has 0 fully saturated rings. The molecule has 2 N–H and O–H groups in total. The molecule has 0 bridgehead atoms. The molecule has 1 heterocycles. The third-order valence-corrected chi connectivity index (χ3v) is 2.38. The molecule has 0 spiro atoms. The molecule has 0 saturated carbocycles. The fourth-order valence-corrected chi connectivity index (χ4v) is 1.61. The summed E-state index contributed by atoms with van der Waals surface area (Å²) < 4.78 is 40.3. The minimum absolute atomic E-state index is 0.270. The van der Waals surface area contributed by atoms with E-state index in [0.717, 1.165) is 0 Å². The van der Waals surface area contributed by atoms with Crippen LogP contribution in [0.25, 0.3) is 11.3 Å². The number of pyridine rings is 1. The zero-order valence-electron chi connectivity index (χ0n) is 9.82. The van der Waals surface area contributed by atoms with Gasteiger partial charge >= 0.3 is 6.36 Å². The highest BCUT2D eigenvalue weighted by atomic mass is 19.4. The van der Waals surface area contributed by atoms with Crippen LogP contribution in [0.2, 0.25) is 0 Å². The largest absolute Gasteiger partial charge is 0.573 e. The first-order chi connectivity index (χ1) is 8.98. The van der Waals surface area contributed by atoms with Crippen molar-refractivity contribution in [2.45, 2.75) is 12.9 Å². The highest BCUT2D eigenvalue weighted by Gasteiger charge is 2.31. The van der Waals surface area contributed by atoms with Gasteiger partial charge in [0.25, 0.3) is 0 Å². The van der Waals surface area contributed by atoms with Crippen molar-refractivity contribution in [1.29, 1.82) is 0 Å². The molecule has 0 aliphatic rings. The Morgan fingerprint density at radius 3 is 2.53 bits per heavy atom. The summed E-state index contributed by atoms with van der Waals surface area (Å²) in [6.45, 7) is 0.270. The van der Waals surface area contributed by atoms with Crippen molar-refractivity contribution in [3.63, 3.8) is 0 Å². The van der Waals surface area contributed by atoms with E-state index in [9.17, 15) is 13.2 Å². The van der Waals surface area contributed by atoms with E-state index >= 15 is 0 Å². The Kier molecular flexibility index (Phi) is 3.71. The smallest absolute Gasteiger partial charge is 0.406 e. The number of halogens is 3. The van der Waals surface area contributed by atoms with Gasteiger partial charge in [0.15, 0.2) is 0 Å². The van der Waals surface area contributed by atoms with Crippen molar-refractivity contribution < 1.29 is 17.9 Å². The van der Waals surface area contributed by atoms with E-state index in [1.54, 1.807) is 24.3 Å². The average Bonchev–Trinajstić information content (AvgIpc) is 2.37. The summed E-state index contributed by atoms with van der Waals surface area (Å²) in [7, 11) is 0. The molecule has 1 aromatic carbocycles. The van der Waals surface area contributed by atoms with Gasteiger partial charge in [0.2, 0.25) is 0 Å². The maximum atomic E-state index is 12.1. The molecule has 2 aromatic rings. The quantitative estimate of drug-likeness (QED) is 0.930. The molecule has 6 heteroatoms. The molecule has 100 valence electrons. The van der Waals surface area contributed by atoms with Crippen molar-refractivity contribution in [3.05, 3.63) is 48.2 Å². The van der Waals surface area contributed by atoms with Crippen molar-refractivity contribution in [2.75, 3.05) is 0 Å². The zero-order chi connectivity index (χ0) is 13.9. The van der Waals surface area contributed by atoms with Crippen molar-refractivity contribution in [3.8, 4) is 17.0 Å². The second kappa shape index (κ2) is 5.27. The van der Waals surface area contributed by atoms with E-state index in [1.165, 1.54) is 18.2 Å². The minimum Gasteiger partial charge on any atom is -0.406 e. The molecule has 0 aliphatic carbocycles. The predicted molar refractivity (Wildman–Crippen MR) is 64.2 cm³/mol. The van der Waals surface area contributed by atoms with E-state index in [4.69, 9.17) is 5.73 Å². The molecule has 19 heavy (non-hydrogen) atoms. The number of nitrogens with two attached hydrogens (primary N) is 1. The van der Waals surface area contributed by atoms with Crippen LogP contribution in [0.1, 0.15) is 5.69 Å². The first-order valence-electron chi connectivity index (χ1n) is 5.50. The second-order valence-corrected chi connectivity index (χ2v) is 3.79. The Bertz CT molecular complexity index is 570. The van der Waals surface area contributed by atoms with Gasteiger partial charge in [-0.3, -0.25) is 4.98 Å². The number of benzene rings is 1. The SMILES string of the molecule is NCc1cccc(-c2cccc(OC(F)(F)F)c2)n1. The molecule has 0 radical (unpaired) electrons. The molecule has 0 saturated heterocycles. The minimum atomic E-state index is -4.70. The van der Waals surface area contributed by atoms with Crippen molar-refractivity contribution >= 4 is 0 Å². The Balaban J connectivity index is 2.32. The number of hydrogen-bond acceptors (Lipinski definition) is 3. The molecule has 0 aliphatic heterocycles. The lowest BCUT2D eigenvalue weighted by atomic mass is 10.1. The van der Waals surface area contributed by atoms with Gasteiger partial charge in [0.1, 0.15) is 5.75 Å². The number of aromatic nitrogens is 1. The van der Waals surface area contributed by atoms with Gasteiger partial charge in [-0.2, -0.15) is 0 Å². The summed E-state index contributed by atoms with van der Waals surface area (Å²) in [4.78, 5) is 4.24. The van der Waals surface area contributed by atoms with Gasteiger partial charge in [-0.05, 0) is 24.3 Å². The molecule has 2 rings (SSSR count).